The summed E-state index contributed by atoms with van der Waals surface area (Å²) in [5.41, 5.74) is 1.35. The van der Waals surface area contributed by atoms with Crippen LogP contribution >= 0.6 is 11.8 Å². The van der Waals surface area contributed by atoms with Crippen LogP contribution in [0.2, 0.25) is 0 Å². The van der Waals surface area contributed by atoms with Crippen LogP contribution in [0, 0.1) is 0 Å². The van der Waals surface area contributed by atoms with Gasteiger partial charge in [-0.05, 0) is 55.7 Å². The van der Waals surface area contributed by atoms with Crippen molar-refractivity contribution in [3.05, 3.63) is 23.8 Å². The number of thioether (sulfide) groups is 1. The van der Waals surface area contributed by atoms with E-state index in [1.165, 1.54) is 0 Å². The van der Waals surface area contributed by atoms with E-state index < -0.39 is 5.60 Å². The number of rotatable bonds is 7. The monoisotopic (exact) mass is 364 g/mol. The van der Waals surface area contributed by atoms with E-state index >= 15 is 0 Å². The summed E-state index contributed by atoms with van der Waals surface area (Å²) >= 11 is 1.95. The molecule has 138 valence electrons. The zero-order valence-corrected chi connectivity index (χ0v) is 16.1. The van der Waals surface area contributed by atoms with Crippen LogP contribution in [-0.4, -0.2) is 40.4 Å². The van der Waals surface area contributed by atoms with Gasteiger partial charge in [0.2, 0.25) is 0 Å². The van der Waals surface area contributed by atoms with Crippen molar-refractivity contribution >= 4 is 23.5 Å². The first kappa shape index (κ1) is 18.4. The lowest BCUT2D eigenvalue weighted by atomic mass is 9.76. The van der Waals surface area contributed by atoms with E-state index in [-0.39, 0.29) is 12.1 Å². The summed E-state index contributed by atoms with van der Waals surface area (Å²) in [6.45, 7) is 7.45. The number of benzene rings is 1. The number of carbonyl (C=O) groups excluding carboxylic acids is 1. The van der Waals surface area contributed by atoms with Crippen LogP contribution < -0.4 is 15.0 Å². The molecule has 1 atom stereocenters. The Morgan fingerprint density at radius 2 is 2.24 bits per heavy atom. The van der Waals surface area contributed by atoms with Gasteiger partial charge < -0.3 is 15.2 Å². The highest BCUT2D eigenvalue weighted by atomic mass is 32.2. The standard InChI is InChI=1S/C19H28N2O3S/c1-4-25-13(2)7-8-24-16-5-6-17-14(9-16)12-20-18(22)21(17)15-10-19(3,23)11-15/h5-6,9,13,15,23H,4,7-8,10-12H2,1-3H3,(H,20,22). The summed E-state index contributed by atoms with van der Waals surface area (Å²) in [5, 5.41) is 13.5. The Kier molecular flexibility index (Phi) is 5.49. The molecule has 5 nitrogen and oxygen atoms in total. The van der Waals surface area contributed by atoms with Gasteiger partial charge in [-0.1, -0.05) is 13.8 Å². The molecule has 0 bridgehead atoms. The van der Waals surface area contributed by atoms with Crippen LogP contribution in [0.1, 0.15) is 45.6 Å². The molecule has 0 spiro atoms. The molecule has 3 rings (SSSR count). The fourth-order valence-corrected chi connectivity index (χ4v) is 4.44. The van der Waals surface area contributed by atoms with Crippen molar-refractivity contribution < 1.29 is 14.6 Å². The van der Waals surface area contributed by atoms with Gasteiger partial charge >= 0.3 is 6.03 Å². The van der Waals surface area contributed by atoms with Gasteiger partial charge in [-0.15, -0.1) is 0 Å². The minimum absolute atomic E-state index is 0.0627. The topological polar surface area (TPSA) is 61.8 Å². The second-order valence-corrected chi connectivity index (χ2v) is 9.00. The molecular formula is C19H28N2O3S. The molecule has 1 heterocycles. The average molecular weight is 365 g/mol. The van der Waals surface area contributed by atoms with E-state index in [0.29, 0.717) is 31.2 Å². The number of carbonyl (C=O) groups is 1. The van der Waals surface area contributed by atoms with Crippen LogP contribution in [-0.2, 0) is 6.54 Å². The highest BCUT2D eigenvalue weighted by molar-refractivity contribution is 7.99. The van der Waals surface area contributed by atoms with E-state index in [1.807, 2.05) is 36.9 Å². The maximum absolute atomic E-state index is 12.3. The summed E-state index contributed by atoms with van der Waals surface area (Å²) < 4.78 is 5.90. The van der Waals surface area contributed by atoms with E-state index in [1.54, 1.807) is 4.90 Å². The van der Waals surface area contributed by atoms with Crippen LogP contribution in [0.5, 0.6) is 5.75 Å². The summed E-state index contributed by atoms with van der Waals surface area (Å²) in [6, 6.07) is 5.93. The molecule has 0 aromatic heterocycles. The Bertz CT molecular complexity index is 627. The Hall–Kier alpha value is -1.40. The highest BCUT2D eigenvalue weighted by Crippen LogP contribution is 2.40. The second-order valence-electron chi connectivity index (χ2n) is 7.28. The van der Waals surface area contributed by atoms with Gasteiger partial charge in [0.05, 0.1) is 17.9 Å². The maximum Gasteiger partial charge on any atom is 0.322 e. The number of nitrogens with zero attached hydrogens (tertiary/aromatic N) is 1. The lowest BCUT2D eigenvalue weighted by Gasteiger charge is -2.48. The molecule has 0 radical (unpaired) electrons. The Morgan fingerprint density at radius 3 is 2.92 bits per heavy atom. The third-order valence-corrected chi connectivity index (χ3v) is 6.06. The summed E-state index contributed by atoms with van der Waals surface area (Å²) in [4.78, 5) is 14.1. The van der Waals surface area contributed by atoms with Crippen molar-refractivity contribution in [3.63, 3.8) is 0 Å². The van der Waals surface area contributed by atoms with Crippen LogP contribution in [0.4, 0.5) is 10.5 Å². The van der Waals surface area contributed by atoms with Gasteiger partial charge in [0, 0.05) is 17.8 Å². The van der Waals surface area contributed by atoms with Gasteiger partial charge in [0.25, 0.3) is 0 Å². The SMILES string of the molecule is CCSC(C)CCOc1ccc2c(c1)CNC(=O)N2C1CC(C)(O)C1. The van der Waals surface area contributed by atoms with Crippen molar-refractivity contribution in [3.8, 4) is 5.75 Å². The number of aliphatic hydroxyl groups is 1. The molecule has 2 aliphatic rings. The van der Waals surface area contributed by atoms with Gasteiger partial charge in [-0.25, -0.2) is 4.79 Å². The zero-order valence-electron chi connectivity index (χ0n) is 15.2. The predicted molar refractivity (Wildman–Crippen MR) is 103 cm³/mol. The van der Waals surface area contributed by atoms with E-state index in [0.717, 1.165) is 29.2 Å². The molecule has 1 saturated carbocycles. The second kappa shape index (κ2) is 7.46. The number of ether oxygens (including phenoxy) is 1. The van der Waals surface area contributed by atoms with Crippen LogP contribution in [0.3, 0.4) is 0 Å². The van der Waals surface area contributed by atoms with Crippen LogP contribution in [0.25, 0.3) is 0 Å². The number of urea groups is 1. The van der Waals surface area contributed by atoms with Gasteiger partial charge in [-0.2, -0.15) is 11.8 Å². The van der Waals surface area contributed by atoms with Crippen molar-refractivity contribution in [2.24, 2.45) is 0 Å². The van der Waals surface area contributed by atoms with E-state index in [9.17, 15) is 9.90 Å². The molecule has 2 N–H and O–H groups in total. The molecule has 1 aromatic rings. The summed E-state index contributed by atoms with van der Waals surface area (Å²) in [5.74, 6) is 1.98. The Balaban J connectivity index is 1.65. The molecule has 25 heavy (non-hydrogen) atoms. The molecule has 2 amide bonds. The number of amides is 2. The third kappa shape index (κ3) is 4.23. The largest absolute Gasteiger partial charge is 0.494 e. The van der Waals surface area contributed by atoms with Gasteiger partial charge in [-0.3, -0.25) is 4.90 Å². The molecule has 1 aliphatic heterocycles. The number of nitrogens with one attached hydrogen (secondary N) is 1. The number of hydrogen-bond acceptors (Lipinski definition) is 4. The third-order valence-electron chi connectivity index (χ3n) is 4.92. The molecule has 1 aromatic carbocycles. The van der Waals surface area contributed by atoms with Crippen molar-refractivity contribution in [2.45, 2.75) is 63.5 Å². The fourth-order valence-electron chi connectivity index (χ4n) is 3.60. The average Bonchev–Trinajstić information content (AvgIpc) is 2.53. The maximum atomic E-state index is 12.3. The lowest BCUT2D eigenvalue weighted by Crippen LogP contribution is -2.59. The van der Waals surface area contributed by atoms with Crippen molar-refractivity contribution in [1.82, 2.24) is 5.32 Å². The molecule has 1 fully saturated rings. The Morgan fingerprint density at radius 1 is 1.48 bits per heavy atom. The van der Waals surface area contributed by atoms with Gasteiger partial charge in [0.15, 0.2) is 0 Å². The first-order chi connectivity index (χ1) is 11.9. The first-order valence-electron chi connectivity index (χ1n) is 9.06. The molecular weight excluding hydrogens is 336 g/mol. The fraction of sp³-hybridized carbons (Fsp3) is 0.632. The minimum Gasteiger partial charge on any atom is -0.494 e. The molecule has 6 heteroatoms. The lowest BCUT2D eigenvalue weighted by molar-refractivity contribution is -0.0291. The van der Waals surface area contributed by atoms with Crippen molar-refractivity contribution in [1.29, 1.82) is 0 Å². The molecule has 1 unspecified atom stereocenters. The first-order valence-corrected chi connectivity index (χ1v) is 10.1. The summed E-state index contributed by atoms with van der Waals surface area (Å²) in [6.07, 6.45) is 2.26. The zero-order chi connectivity index (χ0) is 18.0. The summed E-state index contributed by atoms with van der Waals surface area (Å²) in [7, 11) is 0. The smallest absolute Gasteiger partial charge is 0.322 e. The van der Waals surface area contributed by atoms with E-state index in [2.05, 4.69) is 19.2 Å². The van der Waals surface area contributed by atoms with Gasteiger partial charge in [0.1, 0.15) is 5.75 Å². The highest BCUT2D eigenvalue weighted by Gasteiger charge is 2.45. The quantitative estimate of drug-likeness (QED) is 0.777. The molecule has 1 aliphatic carbocycles. The van der Waals surface area contributed by atoms with Crippen molar-refractivity contribution in [2.75, 3.05) is 17.3 Å². The minimum atomic E-state index is -0.654. The number of fused-ring (bicyclic) bond motifs is 1. The number of hydrogen-bond donors (Lipinski definition) is 2. The van der Waals surface area contributed by atoms with E-state index in [4.69, 9.17) is 4.74 Å². The molecule has 0 saturated heterocycles. The number of anilines is 1. The normalized spacial score (nSPS) is 26.5. The Labute approximate surface area is 154 Å². The van der Waals surface area contributed by atoms with Crippen LogP contribution in [0.15, 0.2) is 18.2 Å². The predicted octanol–water partition coefficient (Wildman–Crippen LogP) is 3.54.